The minimum atomic E-state index is -0.233. The molecular weight excluding hydrogens is 390 g/mol. The number of aromatic nitrogens is 3. The predicted octanol–water partition coefficient (Wildman–Crippen LogP) is 4.75. The number of fused-ring (bicyclic) bond motifs is 2. The number of Topliss-reactive ketones (excluding diaryl/α,β-unsaturated/α-hetero) is 1. The summed E-state index contributed by atoms with van der Waals surface area (Å²) in [4.78, 5) is 35.3. The summed E-state index contributed by atoms with van der Waals surface area (Å²) in [6, 6.07) is 20.0. The average Bonchev–Trinajstić information content (AvgIpc) is 3.38. The van der Waals surface area contributed by atoms with Crippen molar-refractivity contribution in [2.45, 2.75) is 6.92 Å². The van der Waals surface area contributed by atoms with Gasteiger partial charge < -0.3 is 21.0 Å². The molecule has 2 aromatic heterocycles. The highest BCUT2D eigenvalue weighted by molar-refractivity contribution is 6.06. The van der Waals surface area contributed by atoms with Gasteiger partial charge in [0.1, 0.15) is 11.5 Å². The maximum absolute atomic E-state index is 12.6. The number of aromatic amines is 2. The quantitative estimate of drug-likeness (QED) is 0.253. The van der Waals surface area contributed by atoms with Crippen LogP contribution in [-0.4, -0.2) is 26.6 Å². The van der Waals surface area contributed by atoms with E-state index in [2.05, 4.69) is 20.3 Å². The topological polar surface area (TPSA) is 117 Å². The molecule has 0 atom stereocenters. The van der Waals surface area contributed by atoms with Crippen LogP contribution in [0.2, 0.25) is 0 Å². The van der Waals surface area contributed by atoms with Crippen molar-refractivity contribution in [1.82, 2.24) is 15.0 Å². The molecule has 0 spiro atoms. The van der Waals surface area contributed by atoms with Crippen LogP contribution in [0.25, 0.3) is 33.3 Å². The Hall–Kier alpha value is -4.39. The van der Waals surface area contributed by atoms with Crippen molar-refractivity contribution in [2.24, 2.45) is 0 Å². The fourth-order valence-electron chi connectivity index (χ4n) is 3.53. The van der Waals surface area contributed by atoms with Gasteiger partial charge >= 0.3 is 0 Å². The lowest BCUT2D eigenvalue weighted by molar-refractivity contribution is 0.101. The SMILES string of the molecule is CC(=O)c1ccc2[nH]c(-c3ccc4[nH]c(C(=O)Nc5ccc(N)cc5)cc4c3)nc2c1. The molecular formula is C24H19N5O2. The van der Waals surface area contributed by atoms with Crippen molar-refractivity contribution < 1.29 is 9.59 Å². The molecule has 152 valence electrons. The number of carbonyl (C=O) groups is 2. The van der Waals surface area contributed by atoms with Crippen molar-refractivity contribution in [3.05, 3.63) is 78.0 Å². The minimum Gasteiger partial charge on any atom is -0.399 e. The smallest absolute Gasteiger partial charge is 0.272 e. The summed E-state index contributed by atoms with van der Waals surface area (Å²) in [5, 5.41) is 3.75. The number of carbonyl (C=O) groups excluding carboxylic acids is 2. The highest BCUT2D eigenvalue weighted by atomic mass is 16.2. The molecule has 5 rings (SSSR count). The first kappa shape index (κ1) is 18.6. The second-order valence-corrected chi connectivity index (χ2v) is 7.43. The molecule has 7 nitrogen and oxygen atoms in total. The van der Waals surface area contributed by atoms with Crippen LogP contribution in [0.4, 0.5) is 11.4 Å². The third-order valence-corrected chi connectivity index (χ3v) is 5.20. The van der Waals surface area contributed by atoms with Gasteiger partial charge in [-0.1, -0.05) is 0 Å². The van der Waals surface area contributed by atoms with E-state index in [9.17, 15) is 9.59 Å². The molecule has 5 N–H and O–H groups in total. The Morgan fingerprint density at radius 3 is 2.45 bits per heavy atom. The van der Waals surface area contributed by atoms with E-state index in [-0.39, 0.29) is 11.7 Å². The summed E-state index contributed by atoms with van der Waals surface area (Å²) >= 11 is 0. The van der Waals surface area contributed by atoms with E-state index in [1.807, 2.05) is 30.3 Å². The summed E-state index contributed by atoms with van der Waals surface area (Å²) in [6.45, 7) is 1.54. The summed E-state index contributed by atoms with van der Waals surface area (Å²) < 4.78 is 0. The Morgan fingerprint density at radius 1 is 0.903 bits per heavy atom. The average molecular weight is 409 g/mol. The Kier molecular flexibility index (Phi) is 4.29. The fourth-order valence-corrected chi connectivity index (χ4v) is 3.53. The minimum absolute atomic E-state index is 0.00460. The number of hydrogen-bond acceptors (Lipinski definition) is 4. The number of nitrogen functional groups attached to an aromatic ring is 1. The van der Waals surface area contributed by atoms with Crippen LogP contribution in [0.1, 0.15) is 27.8 Å². The highest BCUT2D eigenvalue weighted by Crippen LogP contribution is 2.26. The summed E-state index contributed by atoms with van der Waals surface area (Å²) in [6.07, 6.45) is 0. The lowest BCUT2D eigenvalue weighted by atomic mass is 10.1. The zero-order valence-electron chi connectivity index (χ0n) is 16.7. The number of rotatable bonds is 4. The van der Waals surface area contributed by atoms with Gasteiger partial charge in [0, 0.05) is 33.4 Å². The Morgan fingerprint density at radius 2 is 1.68 bits per heavy atom. The lowest BCUT2D eigenvalue weighted by Crippen LogP contribution is -2.12. The maximum atomic E-state index is 12.6. The Balaban J connectivity index is 1.45. The molecule has 0 radical (unpaired) electrons. The normalized spacial score (nSPS) is 11.1. The second-order valence-electron chi connectivity index (χ2n) is 7.43. The third kappa shape index (κ3) is 3.53. The second kappa shape index (κ2) is 7.14. The Labute approximate surface area is 177 Å². The van der Waals surface area contributed by atoms with Crippen molar-refractivity contribution in [3.8, 4) is 11.4 Å². The van der Waals surface area contributed by atoms with Crippen molar-refractivity contribution in [3.63, 3.8) is 0 Å². The van der Waals surface area contributed by atoms with Gasteiger partial charge in [-0.15, -0.1) is 0 Å². The lowest BCUT2D eigenvalue weighted by Gasteiger charge is -2.03. The van der Waals surface area contributed by atoms with Crippen LogP contribution in [0.3, 0.4) is 0 Å². The van der Waals surface area contributed by atoms with Crippen LogP contribution in [0.15, 0.2) is 66.7 Å². The van der Waals surface area contributed by atoms with Gasteiger partial charge in [0.2, 0.25) is 0 Å². The van der Waals surface area contributed by atoms with Gasteiger partial charge in [0.25, 0.3) is 5.91 Å². The molecule has 1 amide bonds. The van der Waals surface area contributed by atoms with Crippen molar-refractivity contribution in [2.75, 3.05) is 11.1 Å². The molecule has 7 heteroatoms. The first-order valence-electron chi connectivity index (χ1n) is 9.77. The van der Waals surface area contributed by atoms with Crippen LogP contribution < -0.4 is 11.1 Å². The zero-order valence-corrected chi connectivity index (χ0v) is 16.7. The van der Waals surface area contributed by atoms with E-state index in [4.69, 9.17) is 5.73 Å². The van der Waals surface area contributed by atoms with Gasteiger partial charge in [-0.05, 0) is 73.7 Å². The summed E-state index contributed by atoms with van der Waals surface area (Å²) in [5.74, 6) is 0.472. The van der Waals surface area contributed by atoms with Crippen LogP contribution in [-0.2, 0) is 0 Å². The first-order chi connectivity index (χ1) is 15.0. The molecule has 0 aliphatic rings. The van der Waals surface area contributed by atoms with E-state index in [0.717, 1.165) is 27.5 Å². The van der Waals surface area contributed by atoms with Crippen LogP contribution >= 0.6 is 0 Å². The number of benzene rings is 3. The molecule has 2 heterocycles. The van der Waals surface area contributed by atoms with Crippen molar-refractivity contribution >= 4 is 45.0 Å². The molecule has 3 aromatic carbocycles. The molecule has 0 saturated carbocycles. The van der Waals surface area contributed by atoms with E-state index in [1.165, 1.54) is 6.92 Å². The summed E-state index contributed by atoms with van der Waals surface area (Å²) in [5.41, 5.74) is 11.4. The number of H-pyrrole nitrogens is 2. The molecule has 0 fully saturated rings. The Bertz CT molecular complexity index is 1460. The summed E-state index contributed by atoms with van der Waals surface area (Å²) in [7, 11) is 0. The number of ketones is 1. The molecule has 0 aliphatic heterocycles. The van der Waals surface area contributed by atoms with Gasteiger partial charge in [0.05, 0.1) is 11.0 Å². The van der Waals surface area contributed by atoms with Crippen molar-refractivity contribution in [1.29, 1.82) is 0 Å². The fraction of sp³-hybridized carbons (Fsp3) is 0.0417. The number of nitrogens with one attached hydrogen (secondary N) is 3. The van der Waals surface area contributed by atoms with Crippen LogP contribution in [0.5, 0.6) is 0 Å². The maximum Gasteiger partial charge on any atom is 0.272 e. The number of amides is 1. The molecule has 0 bridgehead atoms. The largest absolute Gasteiger partial charge is 0.399 e. The van der Waals surface area contributed by atoms with E-state index >= 15 is 0 Å². The number of hydrogen-bond donors (Lipinski definition) is 4. The van der Waals surface area contributed by atoms with Gasteiger partial charge in [-0.2, -0.15) is 0 Å². The third-order valence-electron chi connectivity index (χ3n) is 5.20. The number of nitrogens with zero attached hydrogens (tertiary/aromatic N) is 1. The monoisotopic (exact) mass is 409 g/mol. The van der Waals surface area contributed by atoms with E-state index < -0.39 is 0 Å². The number of nitrogens with two attached hydrogens (primary N) is 1. The van der Waals surface area contributed by atoms with Crippen LogP contribution in [0, 0.1) is 0 Å². The standard InChI is InChI=1S/C24H19N5O2/c1-13(30)14-2-9-20-21(11-14)29-23(28-20)15-3-8-19-16(10-15)12-22(27-19)24(31)26-18-6-4-17(25)5-7-18/h2-12,27H,25H2,1H3,(H,26,31)(H,28,29). The zero-order chi connectivity index (χ0) is 21.5. The number of anilines is 2. The van der Waals surface area contributed by atoms with Gasteiger partial charge in [-0.25, -0.2) is 4.98 Å². The molecule has 0 saturated heterocycles. The van der Waals surface area contributed by atoms with E-state index in [1.54, 1.807) is 36.4 Å². The van der Waals surface area contributed by atoms with Gasteiger partial charge in [-0.3, -0.25) is 9.59 Å². The number of imidazole rings is 1. The van der Waals surface area contributed by atoms with E-state index in [0.29, 0.717) is 28.5 Å². The molecule has 31 heavy (non-hydrogen) atoms. The molecule has 5 aromatic rings. The van der Waals surface area contributed by atoms with Gasteiger partial charge in [0.15, 0.2) is 5.78 Å². The first-order valence-corrected chi connectivity index (χ1v) is 9.77. The predicted molar refractivity (Wildman–Crippen MR) is 122 cm³/mol. The molecule has 0 aliphatic carbocycles. The highest BCUT2D eigenvalue weighted by Gasteiger charge is 2.12. The molecule has 0 unspecified atom stereocenters.